The van der Waals surface area contributed by atoms with E-state index in [-0.39, 0.29) is 10.8 Å². The Morgan fingerprint density at radius 1 is 1.48 bits per heavy atom. The second-order valence-corrected chi connectivity index (χ2v) is 7.01. The van der Waals surface area contributed by atoms with Crippen LogP contribution in [0, 0.1) is 6.92 Å². The smallest absolute Gasteiger partial charge is 0.261 e. The molecule has 0 heterocycles. The first-order chi connectivity index (χ1) is 9.81. The van der Waals surface area contributed by atoms with Crippen molar-refractivity contribution < 1.29 is 17.9 Å². The largest absolute Gasteiger partial charge is 0.383 e. The first-order valence-electron chi connectivity index (χ1n) is 6.25. The molecule has 1 amide bonds. The average Bonchev–Trinajstić information content (AvgIpc) is 2.42. The second kappa shape index (κ2) is 7.59. The molecule has 0 radical (unpaired) electrons. The van der Waals surface area contributed by atoms with Crippen molar-refractivity contribution in [1.82, 2.24) is 4.90 Å². The van der Waals surface area contributed by atoms with E-state index in [1.54, 1.807) is 26.2 Å². The summed E-state index contributed by atoms with van der Waals surface area (Å²) >= 11 is 0. The van der Waals surface area contributed by atoms with Crippen LogP contribution in [0.5, 0.6) is 0 Å². The van der Waals surface area contributed by atoms with Crippen molar-refractivity contribution in [3.8, 4) is 0 Å². The number of rotatable bonds is 7. The predicted octanol–water partition coefficient (Wildman–Crippen LogP) is 2.20. The highest BCUT2D eigenvalue weighted by Crippen LogP contribution is 2.20. The minimum atomic E-state index is -3.87. The number of carbonyl (C=O) groups excluding carboxylic acids is 1. The highest BCUT2D eigenvalue weighted by molar-refractivity contribution is 8.13. The summed E-state index contributed by atoms with van der Waals surface area (Å²) in [6.07, 6.45) is 1.60. The third-order valence-electron chi connectivity index (χ3n) is 2.92. The van der Waals surface area contributed by atoms with Gasteiger partial charge in [-0.2, -0.15) is 0 Å². The summed E-state index contributed by atoms with van der Waals surface area (Å²) in [4.78, 5) is 14.0. The van der Waals surface area contributed by atoms with Gasteiger partial charge in [-0.25, -0.2) is 8.42 Å². The quantitative estimate of drug-likeness (QED) is 0.567. The molecule has 1 aromatic rings. The molecule has 21 heavy (non-hydrogen) atoms. The van der Waals surface area contributed by atoms with Crippen LogP contribution in [-0.2, 0) is 13.8 Å². The highest BCUT2D eigenvalue weighted by Gasteiger charge is 2.19. The summed E-state index contributed by atoms with van der Waals surface area (Å²) < 4.78 is 27.7. The summed E-state index contributed by atoms with van der Waals surface area (Å²) in [6.45, 7) is 6.46. The summed E-state index contributed by atoms with van der Waals surface area (Å²) in [6, 6.07) is 4.23. The number of nitrogens with zero attached hydrogens (tertiary/aromatic N) is 1. The topological polar surface area (TPSA) is 63.7 Å². The maximum Gasteiger partial charge on any atom is 0.261 e. The molecule has 0 atom stereocenters. The lowest BCUT2D eigenvalue weighted by molar-refractivity contribution is 0.0717. The van der Waals surface area contributed by atoms with Gasteiger partial charge in [0.05, 0.1) is 11.5 Å². The Labute approximate surface area is 129 Å². The first kappa shape index (κ1) is 17.7. The van der Waals surface area contributed by atoms with Crippen LogP contribution in [0.15, 0.2) is 35.7 Å². The van der Waals surface area contributed by atoms with Gasteiger partial charge >= 0.3 is 0 Å². The van der Waals surface area contributed by atoms with Crippen LogP contribution in [0.1, 0.15) is 15.9 Å². The number of halogens is 1. The number of methoxy groups -OCH3 is 1. The lowest BCUT2D eigenvalue weighted by atomic mass is 10.1. The maximum absolute atomic E-state index is 12.5. The van der Waals surface area contributed by atoms with E-state index in [9.17, 15) is 13.2 Å². The Morgan fingerprint density at radius 3 is 2.67 bits per heavy atom. The van der Waals surface area contributed by atoms with E-state index in [2.05, 4.69) is 6.58 Å². The number of ether oxygens (including phenoxy) is 1. The van der Waals surface area contributed by atoms with Crippen LogP contribution >= 0.6 is 10.7 Å². The average molecular weight is 332 g/mol. The normalized spacial score (nSPS) is 11.2. The number of benzene rings is 1. The van der Waals surface area contributed by atoms with Gasteiger partial charge in [-0.15, -0.1) is 6.58 Å². The van der Waals surface area contributed by atoms with Gasteiger partial charge in [0.25, 0.3) is 15.0 Å². The molecule has 0 unspecified atom stereocenters. The molecule has 0 saturated carbocycles. The Kier molecular flexibility index (Phi) is 6.39. The van der Waals surface area contributed by atoms with Crippen molar-refractivity contribution in [1.29, 1.82) is 0 Å². The molecule has 0 aromatic heterocycles. The number of hydrogen-bond acceptors (Lipinski definition) is 4. The second-order valence-electron chi connectivity index (χ2n) is 4.45. The van der Waals surface area contributed by atoms with Gasteiger partial charge in [0.15, 0.2) is 0 Å². The Hall–Kier alpha value is -1.37. The molecule has 0 bridgehead atoms. The molecule has 0 aliphatic rings. The molecule has 1 aromatic carbocycles. The van der Waals surface area contributed by atoms with E-state index in [1.807, 2.05) is 0 Å². The fourth-order valence-corrected chi connectivity index (χ4v) is 2.56. The third-order valence-corrected chi connectivity index (χ3v) is 4.27. The van der Waals surface area contributed by atoms with E-state index >= 15 is 0 Å². The zero-order chi connectivity index (χ0) is 16.0. The number of carbonyl (C=O) groups is 1. The highest BCUT2D eigenvalue weighted by atomic mass is 35.7. The minimum absolute atomic E-state index is 0.0941. The van der Waals surface area contributed by atoms with Crippen LogP contribution in [0.25, 0.3) is 0 Å². The lowest BCUT2D eigenvalue weighted by Gasteiger charge is -2.22. The number of hydrogen-bond donors (Lipinski definition) is 0. The van der Waals surface area contributed by atoms with Crippen molar-refractivity contribution in [3.63, 3.8) is 0 Å². The fourth-order valence-electron chi connectivity index (χ4n) is 1.79. The Balaban J connectivity index is 3.17. The molecule has 0 aliphatic carbocycles. The minimum Gasteiger partial charge on any atom is -0.383 e. The fraction of sp³-hybridized carbons (Fsp3) is 0.357. The molecule has 116 valence electrons. The molecule has 0 saturated heterocycles. The lowest BCUT2D eigenvalue weighted by Crippen LogP contribution is -2.34. The van der Waals surface area contributed by atoms with Crippen LogP contribution in [0.4, 0.5) is 0 Å². The summed E-state index contributed by atoms with van der Waals surface area (Å²) in [5, 5.41) is 0. The summed E-state index contributed by atoms with van der Waals surface area (Å²) in [5.74, 6) is -0.286. The van der Waals surface area contributed by atoms with Gasteiger partial charge in [-0.05, 0) is 24.6 Å². The molecule has 0 spiro atoms. The summed E-state index contributed by atoms with van der Waals surface area (Å²) in [7, 11) is 2.99. The standard InChI is InChI=1S/C14H18ClNO4S/c1-4-7-16(8-9-20-3)14(17)13-10-12(21(15,18)19)6-5-11(13)2/h4-6,10H,1,7-9H2,2-3H3. The van der Waals surface area contributed by atoms with Gasteiger partial charge in [0.1, 0.15) is 0 Å². The Morgan fingerprint density at radius 2 is 2.14 bits per heavy atom. The molecule has 0 N–H and O–H groups in total. The summed E-state index contributed by atoms with van der Waals surface area (Å²) in [5.41, 5.74) is 0.977. The van der Waals surface area contributed by atoms with Gasteiger partial charge < -0.3 is 9.64 Å². The SMILES string of the molecule is C=CCN(CCOC)C(=O)c1cc(S(=O)(=O)Cl)ccc1C. The molecule has 1 rings (SSSR count). The van der Waals surface area contributed by atoms with Crippen molar-refractivity contribution in [2.75, 3.05) is 26.8 Å². The molecular formula is C14H18ClNO4S. The third kappa shape index (κ3) is 4.84. The predicted molar refractivity (Wildman–Crippen MR) is 82.2 cm³/mol. The maximum atomic E-state index is 12.5. The van der Waals surface area contributed by atoms with E-state index in [0.717, 1.165) is 0 Å². The van der Waals surface area contributed by atoms with Crippen LogP contribution in [0.2, 0.25) is 0 Å². The van der Waals surface area contributed by atoms with Crippen molar-refractivity contribution >= 4 is 25.6 Å². The molecule has 0 fully saturated rings. The molecule has 0 aliphatic heterocycles. The van der Waals surface area contributed by atoms with Gasteiger partial charge in [0.2, 0.25) is 0 Å². The Bertz CT molecular complexity index is 628. The van der Waals surface area contributed by atoms with E-state index in [1.165, 1.54) is 17.0 Å². The van der Waals surface area contributed by atoms with Crippen molar-refractivity contribution in [3.05, 3.63) is 42.0 Å². The van der Waals surface area contributed by atoms with Gasteiger partial charge in [0, 0.05) is 36.4 Å². The zero-order valence-corrected chi connectivity index (χ0v) is 13.6. The number of amides is 1. The zero-order valence-electron chi connectivity index (χ0n) is 12.0. The molecular weight excluding hydrogens is 314 g/mol. The monoisotopic (exact) mass is 331 g/mol. The van der Waals surface area contributed by atoms with Crippen molar-refractivity contribution in [2.45, 2.75) is 11.8 Å². The number of aryl methyl sites for hydroxylation is 1. The van der Waals surface area contributed by atoms with E-state index < -0.39 is 9.05 Å². The first-order valence-corrected chi connectivity index (χ1v) is 8.56. The molecule has 5 nitrogen and oxygen atoms in total. The molecule has 7 heteroatoms. The van der Waals surface area contributed by atoms with Crippen LogP contribution < -0.4 is 0 Å². The van der Waals surface area contributed by atoms with Crippen molar-refractivity contribution in [2.24, 2.45) is 0 Å². The van der Waals surface area contributed by atoms with E-state index in [4.69, 9.17) is 15.4 Å². The van der Waals surface area contributed by atoms with Crippen LogP contribution in [-0.4, -0.2) is 46.0 Å². The van der Waals surface area contributed by atoms with E-state index in [0.29, 0.717) is 30.8 Å². The van der Waals surface area contributed by atoms with Gasteiger partial charge in [-0.3, -0.25) is 4.79 Å². The van der Waals surface area contributed by atoms with Crippen LogP contribution in [0.3, 0.4) is 0 Å². The van der Waals surface area contributed by atoms with Gasteiger partial charge in [-0.1, -0.05) is 12.1 Å².